The van der Waals surface area contributed by atoms with Crippen LogP contribution in [-0.2, 0) is 6.54 Å². The van der Waals surface area contributed by atoms with E-state index in [4.69, 9.17) is 0 Å². The summed E-state index contributed by atoms with van der Waals surface area (Å²) < 4.78 is 1.79. The number of nitrogens with one attached hydrogen (secondary N) is 1. The van der Waals surface area contributed by atoms with Crippen LogP contribution in [0.2, 0.25) is 0 Å². The minimum Gasteiger partial charge on any atom is -0.363 e. The highest BCUT2D eigenvalue weighted by molar-refractivity contribution is 7.07. The van der Waals surface area contributed by atoms with Crippen LogP contribution in [0.3, 0.4) is 0 Å². The zero-order valence-corrected chi connectivity index (χ0v) is 9.18. The molecule has 6 heteroatoms. The van der Waals surface area contributed by atoms with Gasteiger partial charge in [0.05, 0.1) is 23.9 Å². The number of nitrogens with zero attached hydrogens (tertiary/aromatic N) is 4. The minimum atomic E-state index is 0.682. The Morgan fingerprint density at radius 1 is 1.31 bits per heavy atom. The first-order valence-electron chi connectivity index (χ1n) is 4.83. The number of anilines is 1. The molecule has 0 aliphatic carbocycles. The lowest BCUT2D eigenvalue weighted by molar-refractivity contribution is 0.940. The highest BCUT2D eigenvalue weighted by Crippen LogP contribution is 2.13. The van der Waals surface area contributed by atoms with Gasteiger partial charge in [-0.1, -0.05) is 0 Å². The summed E-state index contributed by atoms with van der Waals surface area (Å²) in [5, 5.41) is 9.41. The van der Waals surface area contributed by atoms with E-state index in [1.165, 1.54) is 0 Å². The Kier molecular flexibility index (Phi) is 2.26. The topological polar surface area (TPSA) is 55.1 Å². The molecule has 1 N–H and O–H groups in total. The van der Waals surface area contributed by atoms with Crippen LogP contribution in [-0.4, -0.2) is 19.6 Å². The van der Waals surface area contributed by atoms with Crippen LogP contribution in [0.4, 0.5) is 5.82 Å². The van der Waals surface area contributed by atoms with Crippen molar-refractivity contribution in [3.63, 3.8) is 0 Å². The van der Waals surface area contributed by atoms with E-state index in [1.807, 2.05) is 23.2 Å². The summed E-state index contributed by atoms with van der Waals surface area (Å²) in [6.45, 7) is 0.682. The van der Waals surface area contributed by atoms with Gasteiger partial charge in [-0.15, -0.1) is 11.3 Å². The van der Waals surface area contributed by atoms with E-state index >= 15 is 0 Å². The molecule has 0 radical (unpaired) electrons. The Morgan fingerprint density at radius 2 is 2.31 bits per heavy atom. The van der Waals surface area contributed by atoms with Crippen molar-refractivity contribution in [3.8, 4) is 0 Å². The van der Waals surface area contributed by atoms with Crippen LogP contribution in [0.15, 0.2) is 35.5 Å². The van der Waals surface area contributed by atoms with Crippen molar-refractivity contribution in [2.75, 3.05) is 5.32 Å². The molecule has 3 aromatic rings. The molecule has 0 saturated heterocycles. The van der Waals surface area contributed by atoms with Crippen molar-refractivity contribution in [1.29, 1.82) is 0 Å². The molecule has 0 fully saturated rings. The number of hydrogen-bond donors (Lipinski definition) is 1. The third-order valence-electron chi connectivity index (χ3n) is 2.24. The van der Waals surface area contributed by atoms with Gasteiger partial charge in [0.25, 0.3) is 0 Å². The average Bonchev–Trinajstić information content (AvgIpc) is 2.97. The van der Waals surface area contributed by atoms with Gasteiger partial charge >= 0.3 is 0 Å². The Hall–Kier alpha value is -1.95. The van der Waals surface area contributed by atoms with Crippen molar-refractivity contribution >= 4 is 22.7 Å². The lowest BCUT2D eigenvalue weighted by Gasteiger charge is -2.04. The van der Waals surface area contributed by atoms with Crippen LogP contribution < -0.4 is 5.32 Å². The lowest BCUT2D eigenvalue weighted by atomic mass is 10.4. The fourth-order valence-corrected chi connectivity index (χ4v) is 2.05. The zero-order valence-electron chi connectivity index (χ0n) is 8.37. The molecule has 0 bridgehead atoms. The molecule has 0 spiro atoms. The summed E-state index contributed by atoms with van der Waals surface area (Å²) in [5.74, 6) is 0.827. The van der Waals surface area contributed by atoms with Gasteiger partial charge in [0.15, 0.2) is 5.82 Å². The van der Waals surface area contributed by atoms with Crippen molar-refractivity contribution in [2.45, 2.75) is 6.54 Å². The molecule has 3 aromatic heterocycles. The van der Waals surface area contributed by atoms with Crippen LogP contribution in [0.5, 0.6) is 0 Å². The van der Waals surface area contributed by atoms with E-state index in [1.54, 1.807) is 28.2 Å². The Balaban J connectivity index is 1.86. The van der Waals surface area contributed by atoms with Crippen LogP contribution in [0, 0.1) is 0 Å². The standard InChI is InChI=1S/C10H9N5S/c1-2-14-15-4-3-11-10(9(1)15)12-5-8-6-16-7-13-8/h1-4,6-7H,5H2,(H,11,12). The molecule has 3 heterocycles. The number of fused-ring (bicyclic) bond motifs is 1. The van der Waals surface area contributed by atoms with Gasteiger partial charge in [-0.05, 0) is 6.07 Å². The Labute approximate surface area is 95.8 Å². The molecule has 3 rings (SSSR count). The third kappa shape index (κ3) is 1.63. The van der Waals surface area contributed by atoms with E-state index in [0.717, 1.165) is 17.0 Å². The lowest BCUT2D eigenvalue weighted by Crippen LogP contribution is -2.03. The van der Waals surface area contributed by atoms with Gasteiger partial charge in [-0.25, -0.2) is 14.5 Å². The molecular weight excluding hydrogens is 222 g/mol. The summed E-state index contributed by atoms with van der Waals surface area (Å²) in [4.78, 5) is 8.49. The molecule has 0 aliphatic rings. The van der Waals surface area contributed by atoms with Crippen molar-refractivity contribution < 1.29 is 0 Å². The number of aromatic nitrogens is 4. The largest absolute Gasteiger partial charge is 0.363 e. The fourth-order valence-electron chi connectivity index (χ4n) is 1.49. The van der Waals surface area contributed by atoms with E-state index < -0.39 is 0 Å². The maximum atomic E-state index is 4.28. The molecule has 0 aliphatic heterocycles. The third-order valence-corrected chi connectivity index (χ3v) is 2.88. The molecule has 0 saturated carbocycles. The summed E-state index contributed by atoms with van der Waals surface area (Å²) in [7, 11) is 0. The summed E-state index contributed by atoms with van der Waals surface area (Å²) in [5.41, 5.74) is 3.81. The van der Waals surface area contributed by atoms with Crippen molar-refractivity contribution in [2.24, 2.45) is 0 Å². The predicted octanol–water partition coefficient (Wildman–Crippen LogP) is 1.80. The maximum Gasteiger partial charge on any atom is 0.152 e. The first-order chi connectivity index (χ1) is 7.93. The molecule has 80 valence electrons. The fraction of sp³-hybridized carbons (Fsp3) is 0.100. The quantitative estimate of drug-likeness (QED) is 0.746. The average molecular weight is 231 g/mol. The summed E-state index contributed by atoms with van der Waals surface area (Å²) in [6.07, 6.45) is 5.30. The first kappa shape index (κ1) is 9.29. The number of hydrogen-bond acceptors (Lipinski definition) is 5. The van der Waals surface area contributed by atoms with E-state index in [0.29, 0.717) is 6.54 Å². The van der Waals surface area contributed by atoms with Gasteiger partial charge in [0.2, 0.25) is 0 Å². The maximum absolute atomic E-state index is 4.28. The van der Waals surface area contributed by atoms with Crippen LogP contribution in [0.1, 0.15) is 5.69 Å². The first-order valence-corrected chi connectivity index (χ1v) is 5.77. The monoisotopic (exact) mass is 231 g/mol. The smallest absolute Gasteiger partial charge is 0.152 e. The highest BCUT2D eigenvalue weighted by atomic mass is 32.1. The van der Waals surface area contributed by atoms with Crippen LogP contribution in [0.25, 0.3) is 5.52 Å². The molecule has 5 nitrogen and oxygen atoms in total. The second kappa shape index (κ2) is 3.90. The minimum absolute atomic E-state index is 0.682. The van der Waals surface area contributed by atoms with Crippen molar-refractivity contribution in [3.05, 3.63) is 41.2 Å². The molecule has 0 atom stereocenters. The second-order valence-electron chi connectivity index (χ2n) is 3.27. The van der Waals surface area contributed by atoms with Gasteiger partial charge in [0.1, 0.15) is 5.52 Å². The summed E-state index contributed by atoms with van der Waals surface area (Å²) in [6, 6.07) is 1.93. The number of rotatable bonds is 3. The van der Waals surface area contributed by atoms with E-state index in [9.17, 15) is 0 Å². The Bertz CT molecular complexity index is 586. The molecular formula is C10H9N5S. The van der Waals surface area contributed by atoms with Gasteiger partial charge in [0, 0.05) is 17.8 Å². The molecule has 0 aromatic carbocycles. The SMILES string of the molecule is c1cn2nccc2c(NCc2cscn2)n1. The molecule has 0 unspecified atom stereocenters. The second-order valence-corrected chi connectivity index (χ2v) is 3.99. The van der Waals surface area contributed by atoms with Crippen LogP contribution >= 0.6 is 11.3 Å². The number of thiazole rings is 1. The molecule has 0 amide bonds. The normalized spacial score (nSPS) is 10.8. The van der Waals surface area contributed by atoms with Gasteiger partial charge < -0.3 is 5.32 Å². The highest BCUT2D eigenvalue weighted by Gasteiger charge is 2.02. The van der Waals surface area contributed by atoms with Gasteiger partial charge in [-0.2, -0.15) is 5.10 Å². The summed E-state index contributed by atoms with van der Waals surface area (Å²) >= 11 is 1.59. The van der Waals surface area contributed by atoms with Crippen molar-refractivity contribution in [1.82, 2.24) is 19.6 Å². The van der Waals surface area contributed by atoms with E-state index in [2.05, 4.69) is 20.4 Å². The van der Waals surface area contributed by atoms with Gasteiger partial charge in [-0.3, -0.25) is 0 Å². The molecule has 16 heavy (non-hydrogen) atoms. The Morgan fingerprint density at radius 3 is 3.19 bits per heavy atom. The predicted molar refractivity (Wildman–Crippen MR) is 62.4 cm³/mol. The zero-order chi connectivity index (χ0) is 10.8. The van der Waals surface area contributed by atoms with E-state index in [-0.39, 0.29) is 0 Å².